The number of hydrogen-bond donors (Lipinski definition) is 2. The van der Waals surface area contributed by atoms with Gasteiger partial charge in [0.15, 0.2) is 0 Å². The maximum atomic E-state index is 12.8. The maximum Gasteiger partial charge on any atom is 0.416 e. The lowest BCUT2D eigenvalue weighted by atomic mass is 10.1. The van der Waals surface area contributed by atoms with Gasteiger partial charge in [-0.25, -0.2) is 9.67 Å². The minimum Gasteiger partial charge on any atom is -0.323 e. The van der Waals surface area contributed by atoms with Gasteiger partial charge in [-0.05, 0) is 23.8 Å². The summed E-state index contributed by atoms with van der Waals surface area (Å²) in [5.41, 5.74) is 1.54. The Morgan fingerprint density at radius 2 is 1.96 bits per heavy atom. The zero-order chi connectivity index (χ0) is 19.7. The Hall–Kier alpha value is -3.62. The summed E-state index contributed by atoms with van der Waals surface area (Å²) in [7, 11) is 0. The Morgan fingerprint density at radius 3 is 2.75 bits per heavy atom. The number of benzene rings is 2. The largest absolute Gasteiger partial charge is 0.416 e. The number of rotatable bonds is 4. The van der Waals surface area contributed by atoms with E-state index in [1.807, 2.05) is 24.3 Å². The van der Waals surface area contributed by atoms with Crippen LogP contribution in [0.4, 0.5) is 18.9 Å². The molecule has 2 heterocycles. The van der Waals surface area contributed by atoms with Crippen molar-refractivity contribution in [3.05, 3.63) is 72.1 Å². The van der Waals surface area contributed by atoms with Gasteiger partial charge in [-0.1, -0.05) is 30.3 Å². The topological polar surface area (TPSA) is 75.6 Å². The van der Waals surface area contributed by atoms with Gasteiger partial charge in [0.2, 0.25) is 11.9 Å². The highest BCUT2D eigenvalue weighted by molar-refractivity contribution is 5.92. The quantitative estimate of drug-likeness (QED) is 0.559. The summed E-state index contributed by atoms with van der Waals surface area (Å²) in [5.74, 6) is 0.0445. The highest BCUT2D eigenvalue weighted by Gasteiger charge is 2.30. The molecule has 0 atom stereocenters. The molecule has 4 aromatic rings. The van der Waals surface area contributed by atoms with Crippen molar-refractivity contribution in [2.75, 3.05) is 5.32 Å². The van der Waals surface area contributed by atoms with Crippen LogP contribution in [0.1, 0.15) is 11.1 Å². The van der Waals surface area contributed by atoms with Crippen LogP contribution in [-0.2, 0) is 17.4 Å². The van der Waals surface area contributed by atoms with Gasteiger partial charge < -0.3 is 10.3 Å². The summed E-state index contributed by atoms with van der Waals surface area (Å²) in [4.78, 5) is 19.7. The molecule has 0 unspecified atom stereocenters. The van der Waals surface area contributed by atoms with Crippen LogP contribution in [0, 0.1) is 0 Å². The maximum absolute atomic E-state index is 12.8. The zero-order valence-electron chi connectivity index (χ0n) is 14.4. The number of aromatic amines is 1. The number of alkyl halides is 3. The molecule has 0 saturated heterocycles. The first-order valence-electron chi connectivity index (χ1n) is 8.34. The fraction of sp³-hybridized carbons (Fsp3) is 0.105. The van der Waals surface area contributed by atoms with E-state index >= 15 is 0 Å². The van der Waals surface area contributed by atoms with E-state index in [2.05, 4.69) is 20.4 Å². The van der Waals surface area contributed by atoms with Gasteiger partial charge in [-0.15, -0.1) is 0 Å². The lowest BCUT2D eigenvalue weighted by molar-refractivity contribution is -0.137. The molecule has 2 N–H and O–H groups in total. The summed E-state index contributed by atoms with van der Waals surface area (Å²) in [6.07, 6.45) is -1.61. The summed E-state index contributed by atoms with van der Waals surface area (Å²) in [6, 6.07) is 12.2. The number of anilines is 1. The third kappa shape index (κ3) is 3.73. The van der Waals surface area contributed by atoms with Gasteiger partial charge in [0.05, 0.1) is 41.1 Å². The van der Waals surface area contributed by atoms with Crippen LogP contribution in [-0.4, -0.2) is 25.7 Å². The molecule has 0 aliphatic rings. The van der Waals surface area contributed by atoms with E-state index in [1.54, 1.807) is 6.20 Å². The lowest BCUT2D eigenvalue weighted by Crippen LogP contribution is -2.14. The Morgan fingerprint density at radius 1 is 1.14 bits per heavy atom. The molecule has 28 heavy (non-hydrogen) atoms. The van der Waals surface area contributed by atoms with Crippen LogP contribution in [0.3, 0.4) is 0 Å². The zero-order valence-corrected chi connectivity index (χ0v) is 14.4. The van der Waals surface area contributed by atoms with Crippen molar-refractivity contribution < 1.29 is 18.0 Å². The number of aromatic nitrogens is 4. The second-order valence-corrected chi connectivity index (χ2v) is 6.17. The Labute approximate surface area is 157 Å². The summed E-state index contributed by atoms with van der Waals surface area (Å²) >= 11 is 0. The number of carbonyl (C=O) groups excluding carboxylic acids is 1. The first-order valence-corrected chi connectivity index (χ1v) is 8.34. The first-order chi connectivity index (χ1) is 13.4. The number of halogens is 3. The van der Waals surface area contributed by atoms with Gasteiger partial charge in [0.25, 0.3) is 0 Å². The minimum absolute atomic E-state index is 0.181. The van der Waals surface area contributed by atoms with Crippen molar-refractivity contribution >= 4 is 22.6 Å². The van der Waals surface area contributed by atoms with Gasteiger partial charge >= 0.3 is 6.18 Å². The van der Waals surface area contributed by atoms with Gasteiger partial charge in [0, 0.05) is 0 Å². The smallest absolute Gasteiger partial charge is 0.323 e. The van der Waals surface area contributed by atoms with Crippen molar-refractivity contribution in [2.45, 2.75) is 12.6 Å². The van der Waals surface area contributed by atoms with Crippen molar-refractivity contribution in [3.63, 3.8) is 0 Å². The van der Waals surface area contributed by atoms with Crippen molar-refractivity contribution in [2.24, 2.45) is 0 Å². The SMILES string of the molecule is O=C(Cc1cccc(C(F)(F)F)c1)Nc1cnn(-c2nc3ccccc3[nH]2)c1. The molecule has 0 spiro atoms. The fourth-order valence-electron chi connectivity index (χ4n) is 2.80. The Bertz CT molecular complexity index is 1110. The molecule has 2 aromatic carbocycles. The normalized spacial score (nSPS) is 11.7. The molecule has 142 valence electrons. The third-order valence-electron chi connectivity index (χ3n) is 4.08. The number of para-hydroxylation sites is 2. The molecule has 0 saturated carbocycles. The number of amides is 1. The molecular weight excluding hydrogens is 371 g/mol. The molecule has 6 nitrogen and oxygen atoms in total. The number of carbonyl (C=O) groups is 1. The highest BCUT2D eigenvalue weighted by Crippen LogP contribution is 2.29. The van der Waals surface area contributed by atoms with Crippen LogP contribution in [0.2, 0.25) is 0 Å². The van der Waals surface area contributed by atoms with E-state index in [9.17, 15) is 18.0 Å². The van der Waals surface area contributed by atoms with Crippen LogP contribution < -0.4 is 5.32 Å². The second kappa shape index (κ2) is 6.84. The van der Waals surface area contributed by atoms with E-state index in [0.29, 0.717) is 11.6 Å². The Kier molecular flexibility index (Phi) is 4.34. The number of hydrogen-bond acceptors (Lipinski definition) is 3. The minimum atomic E-state index is -4.44. The van der Waals surface area contributed by atoms with E-state index in [4.69, 9.17) is 0 Å². The predicted octanol–water partition coefficient (Wildman–Crippen LogP) is 3.95. The van der Waals surface area contributed by atoms with E-state index in [1.165, 1.54) is 23.0 Å². The Balaban J connectivity index is 1.46. The standard InChI is InChI=1S/C19H14F3N5O/c20-19(21,22)13-5-3-4-12(8-13)9-17(28)24-14-10-23-27(11-14)18-25-15-6-1-2-7-16(15)26-18/h1-8,10-11H,9H2,(H,24,28)(H,25,26). The van der Waals surface area contributed by atoms with Crippen molar-refractivity contribution in [1.29, 1.82) is 0 Å². The van der Waals surface area contributed by atoms with E-state index in [0.717, 1.165) is 23.2 Å². The summed E-state index contributed by atoms with van der Waals surface area (Å²) in [5, 5.41) is 6.77. The summed E-state index contributed by atoms with van der Waals surface area (Å²) < 4.78 is 39.8. The number of imidazole rings is 1. The van der Waals surface area contributed by atoms with E-state index < -0.39 is 17.6 Å². The fourth-order valence-corrected chi connectivity index (χ4v) is 2.80. The third-order valence-corrected chi connectivity index (χ3v) is 4.08. The molecule has 0 aliphatic carbocycles. The molecule has 0 radical (unpaired) electrons. The molecule has 4 rings (SSSR count). The van der Waals surface area contributed by atoms with Crippen LogP contribution >= 0.6 is 0 Å². The second-order valence-electron chi connectivity index (χ2n) is 6.17. The molecule has 0 fully saturated rings. The number of fused-ring (bicyclic) bond motifs is 1. The molecular formula is C19H14F3N5O. The van der Waals surface area contributed by atoms with Gasteiger partial charge in [-0.2, -0.15) is 18.3 Å². The molecule has 9 heteroatoms. The average molecular weight is 385 g/mol. The predicted molar refractivity (Wildman–Crippen MR) is 97.0 cm³/mol. The monoisotopic (exact) mass is 385 g/mol. The van der Waals surface area contributed by atoms with Crippen LogP contribution in [0.25, 0.3) is 17.0 Å². The summed E-state index contributed by atoms with van der Waals surface area (Å²) in [6.45, 7) is 0. The van der Waals surface area contributed by atoms with E-state index in [-0.39, 0.29) is 12.0 Å². The molecule has 0 aliphatic heterocycles. The van der Waals surface area contributed by atoms with Crippen molar-refractivity contribution in [1.82, 2.24) is 19.7 Å². The number of nitrogens with zero attached hydrogens (tertiary/aromatic N) is 3. The van der Waals surface area contributed by atoms with Gasteiger partial charge in [0.1, 0.15) is 0 Å². The number of nitrogens with one attached hydrogen (secondary N) is 2. The lowest BCUT2D eigenvalue weighted by Gasteiger charge is -2.08. The molecule has 0 bridgehead atoms. The molecule has 1 amide bonds. The van der Waals surface area contributed by atoms with Crippen molar-refractivity contribution in [3.8, 4) is 5.95 Å². The van der Waals surface area contributed by atoms with Crippen LogP contribution in [0.15, 0.2) is 60.9 Å². The first kappa shape index (κ1) is 17.8. The van der Waals surface area contributed by atoms with Gasteiger partial charge in [-0.3, -0.25) is 4.79 Å². The average Bonchev–Trinajstić information content (AvgIpc) is 3.27. The number of H-pyrrole nitrogens is 1. The van der Waals surface area contributed by atoms with Crippen LogP contribution in [0.5, 0.6) is 0 Å². The molecule has 2 aromatic heterocycles. The highest BCUT2D eigenvalue weighted by atomic mass is 19.4.